The number of thiazole rings is 1. The van der Waals surface area contributed by atoms with E-state index in [0.717, 1.165) is 33.5 Å². The van der Waals surface area contributed by atoms with Crippen LogP contribution in [0.4, 0.5) is 5.13 Å². The van der Waals surface area contributed by atoms with Crippen LogP contribution in [0.25, 0.3) is 9.53 Å². The molecule has 0 saturated carbocycles. The number of hydrogen-bond donors (Lipinski definition) is 1. The van der Waals surface area contributed by atoms with Gasteiger partial charge in [-0.3, -0.25) is 4.79 Å². The van der Waals surface area contributed by atoms with Crippen molar-refractivity contribution in [3.63, 3.8) is 0 Å². The Bertz CT molecular complexity index is 794. The number of anilines is 1. The van der Waals surface area contributed by atoms with Gasteiger partial charge in [0.2, 0.25) is 0 Å². The maximum absolute atomic E-state index is 12.3. The Hall–Kier alpha value is -2.12. The molecule has 132 valence electrons. The summed E-state index contributed by atoms with van der Waals surface area (Å²) in [6.45, 7) is 7.03. The average molecular weight is 376 g/mol. The van der Waals surface area contributed by atoms with Gasteiger partial charge in [0.25, 0.3) is 5.91 Å². The van der Waals surface area contributed by atoms with Gasteiger partial charge in [0, 0.05) is 13.1 Å². The molecular weight excluding hydrogens is 354 g/mol. The van der Waals surface area contributed by atoms with Crippen molar-refractivity contribution >= 4 is 43.2 Å². The summed E-state index contributed by atoms with van der Waals surface area (Å²) in [5.74, 6) is 0.734. The number of amides is 1. The number of nitrogens with one attached hydrogen (secondary N) is 1. The van der Waals surface area contributed by atoms with Gasteiger partial charge in [0.15, 0.2) is 5.13 Å². The van der Waals surface area contributed by atoms with Gasteiger partial charge in [0.05, 0.1) is 16.1 Å². The fraction of sp³-hybridized carbons (Fsp3) is 0.333. The highest BCUT2D eigenvalue weighted by Crippen LogP contribution is 2.34. The quantitative estimate of drug-likeness (QED) is 0.604. The summed E-state index contributed by atoms with van der Waals surface area (Å²) in [5, 5.41) is 3.92. The molecule has 3 rings (SSSR count). The van der Waals surface area contributed by atoms with Crippen molar-refractivity contribution in [3.05, 3.63) is 41.3 Å². The monoisotopic (exact) mass is 375 g/mol. The predicted molar refractivity (Wildman–Crippen MR) is 105 cm³/mol. The summed E-state index contributed by atoms with van der Waals surface area (Å²) in [4.78, 5) is 20.8. The first-order valence-corrected chi connectivity index (χ1v) is 9.96. The molecule has 0 unspecified atom stereocenters. The molecule has 25 heavy (non-hydrogen) atoms. The molecule has 1 N–H and O–H groups in total. The second kappa shape index (κ2) is 8.31. The number of benzene rings is 1. The summed E-state index contributed by atoms with van der Waals surface area (Å²) in [5.41, 5.74) is 0. The predicted octanol–water partition coefficient (Wildman–Crippen LogP) is 4.01. The highest BCUT2D eigenvalue weighted by Gasteiger charge is 2.15. The molecule has 0 aliphatic rings. The number of ether oxygens (including phenoxy) is 1. The van der Waals surface area contributed by atoms with Gasteiger partial charge in [-0.2, -0.15) is 0 Å². The Morgan fingerprint density at radius 1 is 1.20 bits per heavy atom. The lowest BCUT2D eigenvalue weighted by Gasteiger charge is -2.16. The molecule has 0 saturated heterocycles. The molecule has 5 nitrogen and oxygen atoms in total. The first kappa shape index (κ1) is 17.7. The van der Waals surface area contributed by atoms with Crippen LogP contribution >= 0.6 is 22.7 Å². The van der Waals surface area contributed by atoms with Gasteiger partial charge >= 0.3 is 0 Å². The van der Waals surface area contributed by atoms with Crippen molar-refractivity contribution in [1.29, 1.82) is 0 Å². The SMILES string of the molecule is CCN(CC)c1nc2sc(C(=O)NCCOc3ccccc3)cc2s1. The normalized spacial score (nSPS) is 10.8. The van der Waals surface area contributed by atoms with Gasteiger partial charge in [-0.05, 0) is 32.0 Å². The first-order chi connectivity index (χ1) is 12.2. The number of rotatable bonds is 8. The number of para-hydroxylation sites is 1. The smallest absolute Gasteiger partial charge is 0.261 e. The third-order valence-corrected chi connectivity index (χ3v) is 5.96. The summed E-state index contributed by atoms with van der Waals surface area (Å²) >= 11 is 3.08. The third kappa shape index (κ3) is 4.29. The van der Waals surface area contributed by atoms with E-state index in [1.165, 1.54) is 11.3 Å². The minimum atomic E-state index is -0.0729. The van der Waals surface area contributed by atoms with E-state index < -0.39 is 0 Å². The van der Waals surface area contributed by atoms with Gasteiger partial charge < -0.3 is 15.0 Å². The van der Waals surface area contributed by atoms with E-state index in [2.05, 4.69) is 29.0 Å². The van der Waals surface area contributed by atoms with Crippen LogP contribution in [0, 0.1) is 0 Å². The largest absolute Gasteiger partial charge is 0.492 e. The molecule has 0 spiro atoms. The highest BCUT2D eigenvalue weighted by atomic mass is 32.1. The summed E-state index contributed by atoms with van der Waals surface area (Å²) in [6.07, 6.45) is 0. The van der Waals surface area contributed by atoms with Gasteiger partial charge in [-0.1, -0.05) is 29.5 Å². The summed E-state index contributed by atoms with van der Waals surface area (Å²) < 4.78 is 6.64. The Kier molecular flexibility index (Phi) is 5.88. The van der Waals surface area contributed by atoms with Crippen LogP contribution < -0.4 is 15.0 Å². The van der Waals surface area contributed by atoms with Crippen molar-refractivity contribution in [3.8, 4) is 5.75 Å². The van der Waals surface area contributed by atoms with Crippen molar-refractivity contribution in [1.82, 2.24) is 10.3 Å². The van der Waals surface area contributed by atoms with Gasteiger partial charge in [-0.15, -0.1) is 11.3 Å². The molecular formula is C18H21N3O2S2. The standard InChI is InChI=1S/C18H21N3O2S2/c1-3-21(4-2)18-20-17-15(25-18)12-14(24-17)16(22)19-10-11-23-13-8-6-5-7-9-13/h5-9,12H,3-4,10-11H2,1-2H3,(H,19,22). The maximum atomic E-state index is 12.3. The fourth-order valence-electron chi connectivity index (χ4n) is 2.40. The first-order valence-electron chi connectivity index (χ1n) is 8.32. The zero-order valence-electron chi connectivity index (χ0n) is 14.3. The van der Waals surface area contributed by atoms with E-state index >= 15 is 0 Å². The number of carbonyl (C=O) groups is 1. The molecule has 0 atom stereocenters. The lowest BCUT2D eigenvalue weighted by atomic mass is 10.3. The number of hydrogen-bond acceptors (Lipinski definition) is 6. The van der Waals surface area contributed by atoms with Crippen molar-refractivity contribution in [2.45, 2.75) is 13.8 Å². The summed E-state index contributed by atoms with van der Waals surface area (Å²) in [7, 11) is 0. The van der Waals surface area contributed by atoms with E-state index in [1.54, 1.807) is 11.3 Å². The molecule has 0 aliphatic carbocycles. The van der Waals surface area contributed by atoms with Crippen LogP contribution in [0.15, 0.2) is 36.4 Å². The van der Waals surface area contributed by atoms with Gasteiger partial charge in [-0.25, -0.2) is 4.98 Å². The van der Waals surface area contributed by atoms with E-state index in [4.69, 9.17) is 4.74 Å². The van der Waals surface area contributed by atoms with Crippen LogP contribution in [0.1, 0.15) is 23.5 Å². The maximum Gasteiger partial charge on any atom is 0.261 e. The summed E-state index contributed by atoms with van der Waals surface area (Å²) in [6, 6.07) is 11.5. The Morgan fingerprint density at radius 2 is 1.96 bits per heavy atom. The molecule has 2 heterocycles. The van der Waals surface area contributed by atoms with Crippen molar-refractivity contribution in [2.75, 3.05) is 31.1 Å². The lowest BCUT2D eigenvalue weighted by molar-refractivity contribution is 0.0951. The van der Waals surface area contributed by atoms with Crippen LogP contribution in [0.5, 0.6) is 5.75 Å². The Balaban J connectivity index is 1.54. The molecule has 2 aromatic heterocycles. The van der Waals surface area contributed by atoms with E-state index in [0.29, 0.717) is 18.0 Å². The molecule has 0 bridgehead atoms. The minimum Gasteiger partial charge on any atom is -0.492 e. The second-order valence-corrected chi connectivity index (χ2v) is 7.41. The van der Waals surface area contributed by atoms with Gasteiger partial charge in [0.1, 0.15) is 17.2 Å². The Labute approximate surface area is 155 Å². The molecule has 0 aliphatic heterocycles. The number of nitrogens with zero attached hydrogens (tertiary/aromatic N) is 2. The van der Waals surface area contributed by atoms with Crippen LogP contribution in [0.3, 0.4) is 0 Å². The third-order valence-electron chi connectivity index (χ3n) is 3.74. The molecule has 3 aromatic rings. The number of carbonyl (C=O) groups excluding carboxylic acids is 1. The number of aromatic nitrogens is 1. The van der Waals surface area contributed by atoms with Crippen LogP contribution in [-0.2, 0) is 0 Å². The zero-order valence-corrected chi connectivity index (χ0v) is 16.0. The lowest BCUT2D eigenvalue weighted by Crippen LogP contribution is -2.27. The van der Waals surface area contributed by atoms with Crippen molar-refractivity contribution < 1.29 is 9.53 Å². The van der Waals surface area contributed by atoms with Crippen LogP contribution in [-0.4, -0.2) is 37.1 Å². The van der Waals surface area contributed by atoms with E-state index in [-0.39, 0.29) is 5.91 Å². The molecule has 1 aromatic carbocycles. The topological polar surface area (TPSA) is 54.5 Å². The fourth-order valence-corrected chi connectivity index (χ4v) is 4.66. The van der Waals surface area contributed by atoms with Crippen LogP contribution in [0.2, 0.25) is 0 Å². The minimum absolute atomic E-state index is 0.0729. The molecule has 0 radical (unpaired) electrons. The Morgan fingerprint density at radius 3 is 2.64 bits per heavy atom. The average Bonchev–Trinajstić information content (AvgIpc) is 3.20. The highest BCUT2D eigenvalue weighted by molar-refractivity contribution is 7.29. The second-order valence-electron chi connectivity index (χ2n) is 5.37. The number of thiophene rings is 1. The number of fused-ring (bicyclic) bond motifs is 1. The van der Waals surface area contributed by atoms with E-state index in [9.17, 15) is 4.79 Å². The van der Waals surface area contributed by atoms with E-state index in [1.807, 2.05) is 36.4 Å². The molecule has 1 amide bonds. The zero-order chi connectivity index (χ0) is 17.6. The van der Waals surface area contributed by atoms with Crippen molar-refractivity contribution in [2.24, 2.45) is 0 Å². The molecule has 7 heteroatoms. The molecule has 0 fully saturated rings.